The lowest BCUT2D eigenvalue weighted by molar-refractivity contribution is 0.0457. The normalized spacial score (nSPS) is 29.6. The Morgan fingerprint density at radius 1 is 1.37 bits per heavy atom. The standard InChI is InChI=1S/C16H26N2S/c1-16(2,3)15-9-17-14(12-6-7-12)11-18(15)10-13-5-4-8-19-13/h4-5,8,12,14-15,17H,6-7,9-11H2,1-3H3. The molecule has 1 saturated carbocycles. The maximum atomic E-state index is 3.81. The molecular formula is C16H26N2S. The predicted octanol–water partition coefficient (Wildman–Crippen LogP) is 3.35. The molecule has 0 aromatic carbocycles. The lowest BCUT2D eigenvalue weighted by Gasteiger charge is -2.46. The highest BCUT2D eigenvalue weighted by molar-refractivity contribution is 7.09. The maximum absolute atomic E-state index is 3.81. The third-order valence-corrected chi connectivity index (χ3v) is 5.44. The van der Waals surface area contributed by atoms with E-state index >= 15 is 0 Å². The highest BCUT2D eigenvalue weighted by Crippen LogP contribution is 2.37. The van der Waals surface area contributed by atoms with E-state index in [9.17, 15) is 0 Å². The zero-order valence-corrected chi connectivity index (χ0v) is 13.2. The van der Waals surface area contributed by atoms with Crippen LogP contribution in [0, 0.1) is 11.3 Å². The Bertz CT molecular complexity index is 403. The van der Waals surface area contributed by atoms with Gasteiger partial charge in [0.05, 0.1) is 0 Å². The maximum Gasteiger partial charge on any atom is 0.0332 e. The summed E-state index contributed by atoms with van der Waals surface area (Å²) >= 11 is 1.89. The molecule has 2 aliphatic rings. The highest BCUT2D eigenvalue weighted by Gasteiger charge is 2.40. The number of hydrogen-bond acceptors (Lipinski definition) is 3. The van der Waals surface area contributed by atoms with Gasteiger partial charge in [-0.25, -0.2) is 0 Å². The SMILES string of the molecule is CC(C)(C)C1CNC(C2CC2)CN1Cc1cccs1. The average molecular weight is 278 g/mol. The van der Waals surface area contributed by atoms with Gasteiger partial charge in [0.25, 0.3) is 0 Å². The van der Waals surface area contributed by atoms with Gasteiger partial charge in [0.2, 0.25) is 0 Å². The lowest BCUT2D eigenvalue weighted by Crippen LogP contribution is -2.60. The van der Waals surface area contributed by atoms with E-state index in [4.69, 9.17) is 0 Å². The third kappa shape index (κ3) is 3.21. The Balaban J connectivity index is 1.72. The van der Waals surface area contributed by atoms with Gasteiger partial charge in [-0.1, -0.05) is 26.8 Å². The summed E-state index contributed by atoms with van der Waals surface area (Å²) in [6, 6.07) is 5.83. The third-order valence-electron chi connectivity index (χ3n) is 4.58. The van der Waals surface area contributed by atoms with Crippen LogP contribution in [0.3, 0.4) is 0 Å². The number of thiophene rings is 1. The van der Waals surface area contributed by atoms with Crippen molar-refractivity contribution in [2.75, 3.05) is 13.1 Å². The van der Waals surface area contributed by atoms with Gasteiger partial charge in [-0.3, -0.25) is 4.90 Å². The Labute approximate surface area is 121 Å². The lowest BCUT2D eigenvalue weighted by atomic mass is 9.83. The molecule has 0 radical (unpaired) electrons. The minimum absolute atomic E-state index is 0.346. The summed E-state index contributed by atoms with van der Waals surface area (Å²) in [5.74, 6) is 0.951. The van der Waals surface area contributed by atoms with E-state index in [1.807, 2.05) is 11.3 Å². The van der Waals surface area contributed by atoms with E-state index in [2.05, 4.69) is 48.5 Å². The molecule has 1 aliphatic heterocycles. The van der Waals surface area contributed by atoms with Crippen LogP contribution in [0.15, 0.2) is 17.5 Å². The monoisotopic (exact) mass is 278 g/mol. The van der Waals surface area contributed by atoms with Crippen LogP contribution in [0.25, 0.3) is 0 Å². The van der Waals surface area contributed by atoms with Crippen molar-refractivity contribution in [1.29, 1.82) is 0 Å². The molecule has 1 aromatic rings. The second-order valence-electron chi connectivity index (χ2n) is 7.24. The van der Waals surface area contributed by atoms with Crippen molar-refractivity contribution < 1.29 is 0 Å². The van der Waals surface area contributed by atoms with Gasteiger partial charge in [0, 0.05) is 36.6 Å². The Morgan fingerprint density at radius 3 is 2.74 bits per heavy atom. The van der Waals surface area contributed by atoms with Gasteiger partial charge in [0.1, 0.15) is 0 Å². The van der Waals surface area contributed by atoms with E-state index in [1.165, 1.54) is 24.3 Å². The molecule has 2 unspecified atom stereocenters. The number of nitrogens with zero attached hydrogens (tertiary/aromatic N) is 1. The molecule has 0 bridgehead atoms. The summed E-state index contributed by atoms with van der Waals surface area (Å²) in [7, 11) is 0. The van der Waals surface area contributed by atoms with Crippen molar-refractivity contribution in [3.05, 3.63) is 22.4 Å². The molecule has 1 N–H and O–H groups in total. The van der Waals surface area contributed by atoms with E-state index in [1.54, 1.807) is 0 Å². The fourth-order valence-corrected chi connectivity index (χ4v) is 4.01. The van der Waals surface area contributed by atoms with E-state index in [-0.39, 0.29) is 0 Å². The Kier molecular flexibility index (Phi) is 3.71. The zero-order chi connectivity index (χ0) is 13.5. The molecule has 106 valence electrons. The van der Waals surface area contributed by atoms with Crippen LogP contribution in [0.1, 0.15) is 38.5 Å². The molecule has 1 aliphatic carbocycles. The van der Waals surface area contributed by atoms with Gasteiger partial charge in [-0.2, -0.15) is 0 Å². The van der Waals surface area contributed by atoms with Gasteiger partial charge >= 0.3 is 0 Å². The second kappa shape index (κ2) is 5.19. The largest absolute Gasteiger partial charge is 0.311 e. The first-order valence-corrected chi connectivity index (χ1v) is 8.42. The van der Waals surface area contributed by atoms with Gasteiger partial charge in [0.15, 0.2) is 0 Å². The minimum Gasteiger partial charge on any atom is -0.311 e. The molecule has 1 saturated heterocycles. The highest BCUT2D eigenvalue weighted by atomic mass is 32.1. The number of nitrogens with one attached hydrogen (secondary N) is 1. The molecule has 0 spiro atoms. The number of hydrogen-bond donors (Lipinski definition) is 1. The van der Waals surface area contributed by atoms with Crippen molar-refractivity contribution in [3.8, 4) is 0 Å². The molecule has 3 rings (SSSR count). The zero-order valence-electron chi connectivity index (χ0n) is 12.4. The summed E-state index contributed by atoms with van der Waals surface area (Å²) in [6.07, 6.45) is 2.87. The molecule has 3 heteroatoms. The Hall–Kier alpha value is -0.380. The molecule has 2 atom stereocenters. The topological polar surface area (TPSA) is 15.3 Å². The molecule has 0 amide bonds. The number of piperazine rings is 1. The van der Waals surface area contributed by atoms with Crippen LogP contribution in [-0.4, -0.2) is 30.1 Å². The van der Waals surface area contributed by atoms with E-state index in [0.29, 0.717) is 11.5 Å². The minimum atomic E-state index is 0.346. The summed E-state index contributed by atoms with van der Waals surface area (Å²) in [6.45, 7) is 10.6. The first-order valence-electron chi connectivity index (χ1n) is 7.54. The quantitative estimate of drug-likeness (QED) is 0.912. The van der Waals surface area contributed by atoms with Crippen molar-refractivity contribution >= 4 is 11.3 Å². The molecule has 1 aromatic heterocycles. The fraction of sp³-hybridized carbons (Fsp3) is 0.750. The van der Waals surface area contributed by atoms with Crippen LogP contribution in [0.2, 0.25) is 0 Å². The number of rotatable bonds is 3. The van der Waals surface area contributed by atoms with Crippen LogP contribution < -0.4 is 5.32 Å². The molecule has 2 nitrogen and oxygen atoms in total. The summed E-state index contributed by atoms with van der Waals surface area (Å²) in [5.41, 5.74) is 0.346. The van der Waals surface area contributed by atoms with Crippen LogP contribution in [-0.2, 0) is 6.54 Å². The molecular weight excluding hydrogens is 252 g/mol. The van der Waals surface area contributed by atoms with E-state index < -0.39 is 0 Å². The van der Waals surface area contributed by atoms with Gasteiger partial charge in [-0.15, -0.1) is 11.3 Å². The predicted molar refractivity (Wildman–Crippen MR) is 82.5 cm³/mol. The average Bonchev–Trinajstić information content (AvgIpc) is 3.07. The summed E-state index contributed by atoms with van der Waals surface area (Å²) in [5, 5.41) is 6.01. The second-order valence-corrected chi connectivity index (χ2v) is 8.28. The van der Waals surface area contributed by atoms with Crippen LogP contribution in [0.4, 0.5) is 0 Å². The van der Waals surface area contributed by atoms with Crippen molar-refractivity contribution in [2.45, 2.75) is 52.2 Å². The Morgan fingerprint density at radius 2 is 2.16 bits per heavy atom. The first kappa shape index (κ1) is 13.6. The smallest absolute Gasteiger partial charge is 0.0332 e. The molecule has 2 fully saturated rings. The fourth-order valence-electron chi connectivity index (χ4n) is 3.28. The summed E-state index contributed by atoms with van der Waals surface area (Å²) in [4.78, 5) is 4.23. The van der Waals surface area contributed by atoms with Crippen LogP contribution >= 0.6 is 11.3 Å². The summed E-state index contributed by atoms with van der Waals surface area (Å²) < 4.78 is 0. The van der Waals surface area contributed by atoms with Crippen molar-refractivity contribution in [2.24, 2.45) is 11.3 Å². The van der Waals surface area contributed by atoms with Gasteiger partial charge < -0.3 is 5.32 Å². The first-order chi connectivity index (χ1) is 9.04. The van der Waals surface area contributed by atoms with E-state index in [0.717, 1.165) is 25.0 Å². The molecule has 19 heavy (non-hydrogen) atoms. The van der Waals surface area contributed by atoms with Gasteiger partial charge in [-0.05, 0) is 35.6 Å². The van der Waals surface area contributed by atoms with Crippen molar-refractivity contribution in [1.82, 2.24) is 10.2 Å². The van der Waals surface area contributed by atoms with Crippen molar-refractivity contribution in [3.63, 3.8) is 0 Å². The van der Waals surface area contributed by atoms with Crippen LogP contribution in [0.5, 0.6) is 0 Å². The molecule has 2 heterocycles.